The van der Waals surface area contributed by atoms with Gasteiger partial charge in [0.05, 0.1) is 0 Å². The van der Waals surface area contributed by atoms with Crippen molar-refractivity contribution in [1.82, 2.24) is 0 Å². The first kappa shape index (κ1) is 18.9. The Morgan fingerprint density at radius 2 is 1.00 bits per heavy atom. The summed E-state index contributed by atoms with van der Waals surface area (Å²) in [5, 5.41) is 0. The summed E-state index contributed by atoms with van der Waals surface area (Å²) < 4.78 is -6.54. The van der Waals surface area contributed by atoms with E-state index in [9.17, 15) is 0 Å². The third-order valence-corrected chi connectivity index (χ3v) is 7.03. The molecule has 0 saturated heterocycles. The summed E-state index contributed by atoms with van der Waals surface area (Å²) in [6.07, 6.45) is 0. The van der Waals surface area contributed by atoms with Crippen molar-refractivity contribution in [1.29, 1.82) is 0 Å². The van der Waals surface area contributed by atoms with Gasteiger partial charge in [-0.15, -0.1) is 11.6 Å². The highest BCUT2D eigenvalue weighted by molar-refractivity contribution is 6.79. The molecule has 0 heterocycles. The third-order valence-electron chi connectivity index (χ3n) is 2.35. The Morgan fingerprint density at radius 1 is 0.579 bits per heavy atom. The van der Waals surface area contributed by atoms with Crippen molar-refractivity contribution in [3.8, 4) is 0 Å². The molecule has 0 aliphatic carbocycles. The monoisotopic (exact) mass is 440 g/mol. The van der Waals surface area contributed by atoms with Crippen molar-refractivity contribution < 1.29 is 0 Å². The standard InChI is InChI=1S/C10H5Cl9/c11-7(9(14,15)16,6-4-2-1-3-5-6)8(12,13)10(17,18)19/h1-5H. The third kappa shape index (κ3) is 3.44. The molecule has 1 atom stereocenters. The molecular weight excluding hydrogens is 439 g/mol. The fourth-order valence-corrected chi connectivity index (χ4v) is 3.77. The lowest BCUT2D eigenvalue weighted by Gasteiger charge is -2.45. The van der Waals surface area contributed by atoms with E-state index in [1.807, 2.05) is 0 Å². The molecule has 0 saturated carbocycles. The molecule has 108 valence electrons. The van der Waals surface area contributed by atoms with Gasteiger partial charge in [0.2, 0.25) is 7.59 Å². The summed E-state index contributed by atoms with van der Waals surface area (Å²) in [4.78, 5) is -1.99. The molecule has 0 bridgehead atoms. The highest BCUT2D eigenvalue weighted by Gasteiger charge is 2.69. The van der Waals surface area contributed by atoms with E-state index in [0.717, 1.165) is 0 Å². The number of halogens is 9. The molecule has 1 aromatic carbocycles. The molecule has 19 heavy (non-hydrogen) atoms. The van der Waals surface area contributed by atoms with Crippen molar-refractivity contribution in [3.63, 3.8) is 0 Å². The van der Waals surface area contributed by atoms with E-state index in [1.165, 1.54) is 0 Å². The highest BCUT2D eigenvalue weighted by atomic mass is 35.6. The lowest BCUT2D eigenvalue weighted by atomic mass is 9.95. The Labute approximate surface area is 156 Å². The van der Waals surface area contributed by atoms with Crippen LogP contribution in [0.5, 0.6) is 0 Å². The van der Waals surface area contributed by atoms with Crippen molar-refractivity contribution in [2.75, 3.05) is 0 Å². The van der Waals surface area contributed by atoms with Crippen LogP contribution in [-0.4, -0.2) is 11.9 Å². The number of hydrogen-bond acceptors (Lipinski definition) is 0. The van der Waals surface area contributed by atoms with Crippen LogP contribution in [-0.2, 0) is 4.87 Å². The minimum absolute atomic E-state index is 0.299. The smallest absolute Gasteiger partial charge is 0.106 e. The quantitative estimate of drug-likeness (QED) is 0.430. The molecule has 0 aromatic heterocycles. The Balaban J connectivity index is 3.57. The Bertz CT molecular complexity index is 431. The first-order valence-electron chi connectivity index (χ1n) is 4.61. The topological polar surface area (TPSA) is 0 Å². The second kappa shape index (κ2) is 6.14. The summed E-state index contributed by atoms with van der Waals surface area (Å²) in [6, 6.07) is 8.17. The highest BCUT2D eigenvalue weighted by Crippen LogP contribution is 2.65. The molecule has 1 aromatic rings. The molecule has 0 radical (unpaired) electrons. The second-order valence-corrected chi connectivity index (χ2v) is 10.1. The van der Waals surface area contributed by atoms with Gasteiger partial charge in [-0.1, -0.05) is 123 Å². The zero-order valence-electron chi connectivity index (χ0n) is 8.79. The molecule has 0 N–H and O–H groups in total. The fraction of sp³-hybridized carbons (Fsp3) is 0.400. The van der Waals surface area contributed by atoms with Gasteiger partial charge >= 0.3 is 0 Å². The number of hydrogen-bond donors (Lipinski definition) is 0. The maximum atomic E-state index is 6.40. The van der Waals surface area contributed by atoms with Crippen LogP contribution in [0.25, 0.3) is 0 Å². The molecule has 0 aliphatic heterocycles. The lowest BCUT2D eigenvalue weighted by molar-refractivity contribution is 0.538. The lowest BCUT2D eigenvalue weighted by Crippen LogP contribution is -2.55. The Hall–Kier alpha value is 1.83. The molecule has 0 aliphatic rings. The predicted molar refractivity (Wildman–Crippen MR) is 89.0 cm³/mol. The summed E-state index contributed by atoms with van der Waals surface area (Å²) >= 11 is 53.7. The van der Waals surface area contributed by atoms with E-state index in [1.54, 1.807) is 30.3 Å². The normalized spacial score (nSPS) is 17.1. The first-order chi connectivity index (χ1) is 8.36. The first-order valence-corrected chi connectivity index (χ1v) is 8.01. The molecule has 0 nitrogen and oxygen atoms in total. The summed E-state index contributed by atoms with van der Waals surface area (Å²) in [6.45, 7) is 0. The van der Waals surface area contributed by atoms with Crippen LogP contribution in [0.4, 0.5) is 0 Å². The zero-order valence-corrected chi connectivity index (χ0v) is 15.6. The van der Waals surface area contributed by atoms with Crippen LogP contribution in [0.15, 0.2) is 30.3 Å². The van der Waals surface area contributed by atoms with E-state index in [2.05, 4.69) is 0 Å². The largest absolute Gasteiger partial charge is 0.225 e. The molecule has 1 rings (SSSR count). The number of alkyl halides is 9. The SMILES string of the molecule is ClC(Cl)(Cl)C(Cl)(Cl)C(Cl)(c1ccccc1)C(Cl)(Cl)Cl. The second-order valence-electron chi connectivity index (χ2n) is 3.59. The molecule has 0 fully saturated rings. The van der Waals surface area contributed by atoms with Gasteiger partial charge in [-0.05, 0) is 5.56 Å². The van der Waals surface area contributed by atoms with Crippen LogP contribution >= 0.6 is 104 Å². The number of rotatable bonds is 2. The molecular formula is C10H5Cl9. The molecule has 0 amide bonds. The van der Waals surface area contributed by atoms with Crippen LogP contribution < -0.4 is 0 Å². The predicted octanol–water partition coefficient (Wildman–Crippen LogP) is 7.04. The van der Waals surface area contributed by atoms with Gasteiger partial charge in [0.1, 0.15) is 0 Å². The molecule has 1 unspecified atom stereocenters. The summed E-state index contributed by atoms with van der Waals surface area (Å²) in [7, 11) is 0. The van der Waals surface area contributed by atoms with Crippen molar-refractivity contribution in [2.24, 2.45) is 0 Å². The van der Waals surface area contributed by atoms with Crippen LogP contribution in [0.1, 0.15) is 5.56 Å². The van der Waals surface area contributed by atoms with E-state index in [0.29, 0.717) is 5.56 Å². The molecule has 9 heteroatoms. The van der Waals surface area contributed by atoms with Crippen LogP contribution in [0, 0.1) is 0 Å². The van der Waals surface area contributed by atoms with Gasteiger partial charge in [0, 0.05) is 0 Å². The van der Waals surface area contributed by atoms with Crippen molar-refractivity contribution in [3.05, 3.63) is 35.9 Å². The minimum Gasteiger partial charge on any atom is -0.106 e. The average molecular weight is 444 g/mol. The number of benzene rings is 1. The maximum absolute atomic E-state index is 6.40. The molecule has 0 spiro atoms. The van der Waals surface area contributed by atoms with Gasteiger partial charge in [0.15, 0.2) is 9.21 Å². The van der Waals surface area contributed by atoms with Gasteiger partial charge in [-0.25, -0.2) is 0 Å². The zero-order chi connectivity index (χ0) is 15.1. The van der Waals surface area contributed by atoms with Crippen molar-refractivity contribution in [2.45, 2.75) is 16.8 Å². The van der Waals surface area contributed by atoms with E-state index >= 15 is 0 Å². The van der Waals surface area contributed by atoms with Crippen LogP contribution in [0.2, 0.25) is 0 Å². The van der Waals surface area contributed by atoms with Gasteiger partial charge < -0.3 is 0 Å². The average Bonchev–Trinajstić information content (AvgIpc) is 2.25. The van der Waals surface area contributed by atoms with E-state index in [-0.39, 0.29) is 0 Å². The van der Waals surface area contributed by atoms with Gasteiger partial charge in [-0.2, -0.15) is 0 Å². The summed E-state index contributed by atoms with van der Waals surface area (Å²) in [5.74, 6) is 0. The Kier molecular flexibility index (Phi) is 6.10. The maximum Gasteiger partial charge on any atom is 0.225 e. The van der Waals surface area contributed by atoms with Gasteiger partial charge in [0.25, 0.3) is 0 Å². The van der Waals surface area contributed by atoms with Gasteiger partial charge in [-0.3, -0.25) is 0 Å². The van der Waals surface area contributed by atoms with Crippen molar-refractivity contribution >= 4 is 104 Å². The minimum atomic E-state index is -2.21. The van der Waals surface area contributed by atoms with E-state index < -0.39 is 16.8 Å². The van der Waals surface area contributed by atoms with Crippen LogP contribution in [0.3, 0.4) is 0 Å². The fourth-order valence-electron chi connectivity index (χ4n) is 1.39. The summed E-state index contributed by atoms with van der Waals surface area (Å²) in [5.41, 5.74) is 0.299. The Morgan fingerprint density at radius 3 is 1.32 bits per heavy atom. The van der Waals surface area contributed by atoms with E-state index in [4.69, 9.17) is 104 Å².